The van der Waals surface area contributed by atoms with Crippen LogP contribution < -0.4 is 5.32 Å². The highest BCUT2D eigenvalue weighted by Crippen LogP contribution is 2.36. The van der Waals surface area contributed by atoms with Crippen LogP contribution >= 0.6 is 11.3 Å². The van der Waals surface area contributed by atoms with Gasteiger partial charge < -0.3 is 4.74 Å². The first kappa shape index (κ1) is 19.6. The maximum absolute atomic E-state index is 13.0. The Kier molecular flexibility index (Phi) is 6.14. The monoisotopic (exact) mass is 384 g/mol. The molecule has 0 fully saturated rings. The largest absolute Gasteiger partial charge is 0.462 e. The first-order valence-corrected chi connectivity index (χ1v) is 8.33. The van der Waals surface area contributed by atoms with E-state index in [0.29, 0.717) is 11.3 Å². The van der Waals surface area contributed by atoms with Crippen LogP contribution in [0, 0.1) is 6.92 Å². The first-order valence-electron chi connectivity index (χ1n) is 7.51. The highest BCUT2D eigenvalue weighted by atomic mass is 32.1. The standard InChI is InChI=1S/C17H15F3N2O3S/c1-3-25-15(24)13-14(17(18,19)20)22-16(26-13)21-12(23)9-8-11-6-4-10(2)5-7-11/h4-9H,3H2,1-2H3,(H,21,22,23)/b9-8+. The number of halogens is 3. The van der Waals surface area contributed by atoms with Gasteiger partial charge in [-0.3, -0.25) is 10.1 Å². The summed E-state index contributed by atoms with van der Waals surface area (Å²) < 4.78 is 43.6. The molecule has 1 aromatic carbocycles. The number of nitrogens with zero attached hydrogens (tertiary/aromatic N) is 1. The molecule has 138 valence electrons. The van der Waals surface area contributed by atoms with Crippen molar-refractivity contribution in [1.82, 2.24) is 4.98 Å². The fraction of sp³-hybridized carbons (Fsp3) is 0.235. The number of nitrogens with one attached hydrogen (secondary N) is 1. The molecule has 0 atom stereocenters. The smallest absolute Gasteiger partial charge is 0.435 e. The number of rotatable bonds is 5. The van der Waals surface area contributed by atoms with Crippen LogP contribution in [0.15, 0.2) is 30.3 Å². The third-order valence-electron chi connectivity index (χ3n) is 3.09. The summed E-state index contributed by atoms with van der Waals surface area (Å²) in [6, 6.07) is 7.31. The van der Waals surface area contributed by atoms with Crippen molar-refractivity contribution < 1.29 is 27.5 Å². The Balaban J connectivity index is 2.16. The van der Waals surface area contributed by atoms with E-state index in [1.807, 2.05) is 19.1 Å². The Morgan fingerprint density at radius 2 is 1.92 bits per heavy atom. The SMILES string of the molecule is CCOC(=O)c1sc(NC(=O)/C=C/c2ccc(C)cc2)nc1C(F)(F)F. The molecule has 0 saturated heterocycles. The van der Waals surface area contributed by atoms with Gasteiger partial charge in [0.2, 0.25) is 5.91 Å². The maximum atomic E-state index is 13.0. The zero-order valence-electron chi connectivity index (χ0n) is 13.9. The fourth-order valence-electron chi connectivity index (χ4n) is 1.90. The fourth-order valence-corrected chi connectivity index (χ4v) is 2.78. The van der Waals surface area contributed by atoms with E-state index >= 15 is 0 Å². The van der Waals surface area contributed by atoms with Crippen molar-refractivity contribution in [3.05, 3.63) is 52.0 Å². The Morgan fingerprint density at radius 1 is 1.27 bits per heavy atom. The normalized spacial score (nSPS) is 11.6. The van der Waals surface area contributed by atoms with Crippen molar-refractivity contribution >= 4 is 34.4 Å². The van der Waals surface area contributed by atoms with Gasteiger partial charge in [-0.25, -0.2) is 9.78 Å². The number of carbonyl (C=O) groups excluding carboxylic acids is 2. The average molecular weight is 384 g/mol. The number of hydrogen-bond donors (Lipinski definition) is 1. The van der Waals surface area contributed by atoms with Gasteiger partial charge in [-0.1, -0.05) is 41.2 Å². The molecule has 2 rings (SSSR count). The zero-order valence-corrected chi connectivity index (χ0v) is 14.7. The van der Waals surface area contributed by atoms with Crippen LogP contribution in [0.25, 0.3) is 6.08 Å². The van der Waals surface area contributed by atoms with Gasteiger partial charge in [-0.2, -0.15) is 13.2 Å². The van der Waals surface area contributed by atoms with Crippen molar-refractivity contribution in [2.75, 3.05) is 11.9 Å². The lowest BCUT2D eigenvalue weighted by atomic mass is 10.1. The van der Waals surface area contributed by atoms with E-state index in [1.54, 1.807) is 12.1 Å². The predicted octanol–water partition coefficient (Wildman–Crippen LogP) is 4.30. The number of benzene rings is 1. The highest BCUT2D eigenvalue weighted by molar-refractivity contribution is 7.17. The Hall–Kier alpha value is -2.68. The molecule has 1 aromatic heterocycles. The quantitative estimate of drug-likeness (QED) is 0.617. The topological polar surface area (TPSA) is 68.3 Å². The molecule has 9 heteroatoms. The number of alkyl halides is 3. The van der Waals surface area contributed by atoms with Crippen molar-refractivity contribution in [3.8, 4) is 0 Å². The number of esters is 1. The van der Waals surface area contributed by atoms with Gasteiger partial charge in [-0.05, 0) is 25.5 Å². The Bertz CT molecular complexity index is 827. The Morgan fingerprint density at radius 3 is 2.50 bits per heavy atom. The number of amides is 1. The molecule has 0 bridgehead atoms. The Labute approximate surface area is 151 Å². The summed E-state index contributed by atoms with van der Waals surface area (Å²) in [6.45, 7) is 3.32. The lowest BCUT2D eigenvalue weighted by Gasteiger charge is -2.04. The van der Waals surface area contributed by atoms with Crippen LogP contribution in [0.3, 0.4) is 0 Å². The third kappa shape index (κ3) is 5.16. The number of anilines is 1. The van der Waals surface area contributed by atoms with E-state index in [4.69, 9.17) is 0 Å². The van der Waals surface area contributed by atoms with Crippen molar-refractivity contribution in [1.29, 1.82) is 0 Å². The summed E-state index contributed by atoms with van der Waals surface area (Å²) in [5.41, 5.74) is 0.437. The van der Waals surface area contributed by atoms with Crippen LogP contribution in [0.2, 0.25) is 0 Å². The van der Waals surface area contributed by atoms with E-state index in [0.717, 1.165) is 11.1 Å². The molecule has 1 heterocycles. The second-order valence-corrected chi connectivity index (χ2v) is 6.15. The highest BCUT2D eigenvalue weighted by Gasteiger charge is 2.40. The van der Waals surface area contributed by atoms with Crippen molar-refractivity contribution in [3.63, 3.8) is 0 Å². The number of ether oxygens (including phenoxy) is 1. The molecule has 0 unspecified atom stereocenters. The lowest BCUT2D eigenvalue weighted by Crippen LogP contribution is -2.14. The number of carbonyl (C=O) groups is 2. The van der Waals surface area contributed by atoms with E-state index in [9.17, 15) is 22.8 Å². The summed E-state index contributed by atoms with van der Waals surface area (Å²) in [7, 11) is 0. The second kappa shape index (κ2) is 8.13. The summed E-state index contributed by atoms with van der Waals surface area (Å²) in [5.74, 6) is -1.79. The number of thiazole rings is 1. The molecular weight excluding hydrogens is 369 g/mol. The first-order chi connectivity index (χ1) is 12.2. The van der Waals surface area contributed by atoms with E-state index in [1.165, 1.54) is 19.1 Å². The molecule has 2 aromatic rings. The lowest BCUT2D eigenvalue weighted by molar-refractivity contribution is -0.141. The summed E-state index contributed by atoms with van der Waals surface area (Å²) in [5, 5.41) is 1.89. The van der Waals surface area contributed by atoms with Crippen LogP contribution in [-0.4, -0.2) is 23.5 Å². The molecule has 0 saturated carbocycles. The molecule has 0 aliphatic rings. The van der Waals surface area contributed by atoms with E-state index in [2.05, 4.69) is 15.0 Å². The molecule has 0 aliphatic heterocycles. The molecular formula is C17H15F3N2O3S. The zero-order chi connectivity index (χ0) is 19.3. The van der Waals surface area contributed by atoms with Crippen molar-refractivity contribution in [2.45, 2.75) is 20.0 Å². The number of aromatic nitrogens is 1. The van der Waals surface area contributed by atoms with Crippen LogP contribution in [0.5, 0.6) is 0 Å². The van der Waals surface area contributed by atoms with Gasteiger partial charge in [0.05, 0.1) is 6.61 Å². The average Bonchev–Trinajstić information content (AvgIpc) is 2.99. The molecule has 0 aliphatic carbocycles. The minimum atomic E-state index is -4.83. The third-order valence-corrected chi connectivity index (χ3v) is 4.04. The summed E-state index contributed by atoms with van der Waals surface area (Å²) in [6.07, 6.45) is -2.15. The van der Waals surface area contributed by atoms with Gasteiger partial charge in [0, 0.05) is 6.08 Å². The van der Waals surface area contributed by atoms with Gasteiger partial charge in [0.1, 0.15) is 4.88 Å². The summed E-state index contributed by atoms with van der Waals surface area (Å²) >= 11 is 0.415. The number of aryl methyl sites for hydroxylation is 1. The number of hydrogen-bond acceptors (Lipinski definition) is 5. The molecule has 26 heavy (non-hydrogen) atoms. The molecule has 1 N–H and O–H groups in total. The van der Waals surface area contributed by atoms with Crippen LogP contribution in [-0.2, 0) is 15.7 Å². The van der Waals surface area contributed by atoms with Gasteiger partial charge in [-0.15, -0.1) is 0 Å². The predicted molar refractivity (Wildman–Crippen MR) is 91.9 cm³/mol. The maximum Gasteiger partial charge on any atom is 0.435 e. The molecule has 0 spiro atoms. The minimum Gasteiger partial charge on any atom is -0.462 e. The van der Waals surface area contributed by atoms with Crippen LogP contribution in [0.4, 0.5) is 18.3 Å². The van der Waals surface area contributed by atoms with Gasteiger partial charge in [0.25, 0.3) is 0 Å². The summed E-state index contributed by atoms with van der Waals surface area (Å²) in [4.78, 5) is 26.2. The van der Waals surface area contributed by atoms with Gasteiger partial charge >= 0.3 is 12.1 Å². The molecule has 5 nitrogen and oxygen atoms in total. The molecule has 0 radical (unpaired) electrons. The molecule has 1 amide bonds. The minimum absolute atomic E-state index is 0.0744. The second-order valence-electron chi connectivity index (χ2n) is 5.15. The van der Waals surface area contributed by atoms with E-state index < -0.39 is 28.6 Å². The van der Waals surface area contributed by atoms with Crippen molar-refractivity contribution in [2.24, 2.45) is 0 Å². The van der Waals surface area contributed by atoms with E-state index in [-0.39, 0.29) is 11.7 Å². The van der Waals surface area contributed by atoms with Gasteiger partial charge in [0.15, 0.2) is 10.8 Å². The van der Waals surface area contributed by atoms with Crippen LogP contribution in [0.1, 0.15) is 33.4 Å².